The Balaban J connectivity index is 0.000000217. The summed E-state index contributed by atoms with van der Waals surface area (Å²) in [5, 5.41) is 9.00. The van der Waals surface area contributed by atoms with E-state index in [1.54, 1.807) is 36.6 Å². The fourth-order valence-corrected chi connectivity index (χ4v) is 9.82. The number of carboxylic acids is 1. The number of carbonyl (C=O) groups excluding carboxylic acids is 3. The van der Waals surface area contributed by atoms with Crippen LogP contribution < -0.4 is 11.5 Å². The molecule has 0 saturated carbocycles. The van der Waals surface area contributed by atoms with Gasteiger partial charge in [-0.25, -0.2) is 29.1 Å². The standard InChI is InChI=1S/2C17H22IN3O2.C11H19NO4.C6H7IN2.HI/c2*1-10-7-14(21(9-10)16(22)23-17(2,3)4)15-19-12-6-5-11(18)8-13(12)20-15;1-7-5-8(9(13)14)12(6-7)10(15)16-11(2,3)4;7-4-1-2-5(8)6(9)3-4;/h2*5-6,8,10,14H,7,9H2,1-4H3,(H,19,20);7-8H,5-6H2,1-4H3,(H,13,14);1-3H,8-9H2;1H/t10-,14+;10-,14-;7?,8-;;/m100../s1. The van der Waals surface area contributed by atoms with Crippen LogP contribution in [0.2, 0.25) is 0 Å². The summed E-state index contributed by atoms with van der Waals surface area (Å²) in [6.45, 7) is 24.7. The Labute approximate surface area is 481 Å². The van der Waals surface area contributed by atoms with Crippen LogP contribution in [0.25, 0.3) is 22.1 Å². The molecule has 0 spiro atoms. The number of amides is 3. The largest absolute Gasteiger partial charge is 0.480 e. The van der Waals surface area contributed by atoms with E-state index in [1.807, 2.05) is 84.9 Å². The van der Waals surface area contributed by atoms with E-state index in [2.05, 4.69) is 104 Å². The van der Waals surface area contributed by atoms with E-state index in [4.69, 9.17) is 40.8 Å². The van der Waals surface area contributed by atoms with Gasteiger partial charge in [-0.15, -0.1) is 24.0 Å². The summed E-state index contributed by atoms with van der Waals surface area (Å²) >= 11 is 6.76. The van der Waals surface area contributed by atoms with Gasteiger partial charge in [0.1, 0.15) is 34.5 Å². The highest BCUT2D eigenvalue weighted by Crippen LogP contribution is 2.37. The second-order valence-electron chi connectivity index (χ2n) is 21.6. The first-order valence-corrected chi connectivity index (χ1v) is 26.9. The molecule has 8 rings (SSSR count). The van der Waals surface area contributed by atoms with Gasteiger partial charge in [-0.2, -0.15) is 0 Å². The van der Waals surface area contributed by atoms with Gasteiger partial charge in [0.05, 0.1) is 45.5 Å². The van der Waals surface area contributed by atoms with Gasteiger partial charge in [-0.3, -0.25) is 14.7 Å². The van der Waals surface area contributed by atoms with Gasteiger partial charge in [0.2, 0.25) is 0 Å². The Morgan fingerprint density at radius 2 is 0.917 bits per heavy atom. The summed E-state index contributed by atoms with van der Waals surface area (Å²) in [5.74, 6) is 1.79. The fraction of sp³-hybridized carbons (Fsp3) is 0.529. The number of nitrogens with zero attached hydrogens (tertiary/aromatic N) is 5. The lowest BCUT2D eigenvalue weighted by Crippen LogP contribution is -2.43. The van der Waals surface area contributed by atoms with E-state index in [1.165, 1.54) is 4.90 Å². The zero-order chi connectivity index (χ0) is 52.9. The molecular weight excluding hydrogens is 1370 g/mol. The van der Waals surface area contributed by atoms with Crippen molar-refractivity contribution in [3.05, 3.63) is 77.0 Å². The fourth-order valence-electron chi connectivity index (χ4n) is 8.32. The third kappa shape index (κ3) is 17.8. The Bertz CT molecular complexity index is 2550. The van der Waals surface area contributed by atoms with Crippen molar-refractivity contribution in [3.63, 3.8) is 0 Å². The van der Waals surface area contributed by atoms with Gasteiger partial charge in [-0.1, -0.05) is 20.8 Å². The van der Waals surface area contributed by atoms with Crippen molar-refractivity contribution in [3.8, 4) is 0 Å². The molecule has 3 aliphatic rings. The highest BCUT2D eigenvalue weighted by atomic mass is 127. The van der Waals surface area contributed by atoms with Gasteiger partial charge in [0.25, 0.3) is 0 Å². The number of aliphatic carboxylic acids is 1. The third-order valence-electron chi connectivity index (χ3n) is 11.3. The number of imidazole rings is 2. The number of aromatic nitrogens is 4. The maximum atomic E-state index is 12.5. The molecule has 0 radical (unpaired) electrons. The minimum Gasteiger partial charge on any atom is -0.480 e. The molecule has 72 heavy (non-hydrogen) atoms. The number of likely N-dealkylation sites (tertiary alicyclic amines) is 3. The van der Waals surface area contributed by atoms with E-state index in [0.29, 0.717) is 49.3 Å². The second kappa shape index (κ2) is 25.3. The molecule has 17 nitrogen and oxygen atoms in total. The molecule has 396 valence electrons. The van der Waals surface area contributed by atoms with Crippen LogP contribution in [0.5, 0.6) is 0 Å². The van der Waals surface area contributed by atoms with Crippen LogP contribution in [-0.4, -0.2) is 106 Å². The predicted octanol–water partition coefficient (Wildman–Crippen LogP) is 12.8. The maximum Gasteiger partial charge on any atom is 0.411 e. The third-order valence-corrected chi connectivity index (χ3v) is 13.3. The van der Waals surface area contributed by atoms with Gasteiger partial charge in [0, 0.05) is 30.3 Å². The lowest BCUT2D eigenvalue weighted by atomic mass is 10.1. The van der Waals surface area contributed by atoms with E-state index in [0.717, 1.165) is 57.3 Å². The summed E-state index contributed by atoms with van der Waals surface area (Å²) in [4.78, 5) is 68.8. The molecule has 5 aromatic rings. The smallest absolute Gasteiger partial charge is 0.411 e. The number of nitrogens with two attached hydrogens (primary N) is 2. The molecule has 3 fully saturated rings. The first-order valence-electron chi connectivity index (χ1n) is 23.7. The van der Waals surface area contributed by atoms with Crippen LogP contribution in [0.1, 0.15) is 126 Å². The van der Waals surface area contributed by atoms with Crippen molar-refractivity contribution in [2.75, 3.05) is 31.1 Å². The van der Waals surface area contributed by atoms with E-state index >= 15 is 0 Å². The number of carboxylic acid groups (broad SMARTS) is 1. The molecule has 5 heterocycles. The Morgan fingerprint density at radius 3 is 1.28 bits per heavy atom. The van der Waals surface area contributed by atoms with Gasteiger partial charge in [-0.05, 0) is 222 Å². The topological polar surface area (TPSA) is 235 Å². The van der Waals surface area contributed by atoms with Gasteiger partial charge < -0.3 is 40.8 Å². The first-order chi connectivity index (χ1) is 32.9. The van der Waals surface area contributed by atoms with Crippen molar-refractivity contribution in [1.29, 1.82) is 0 Å². The monoisotopic (exact) mass is 1450 g/mol. The van der Waals surface area contributed by atoms with Crippen LogP contribution in [-0.2, 0) is 19.0 Å². The molecule has 3 aromatic carbocycles. The predicted molar refractivity (Wildman–Crippen MR) is 318 cm³/mol. The van der Waals surface area contributed by atoms with Crippen LogP contribution in [0.3, 0.4) is 0 Å². The summed E-state index contributed by atoms with van der Waals surface area (Å²) in [5.41, 5.74) is 14.6. The Morgan fingerprint density at radius 1 is 0.569 bits per heavy atom. The molecule has 21 heteroatoms. The number of benzene rings is 3. The summed E-state index contributed by atoms with van der Waals surface area (Å²) in [6, 6.07) is 17.0. The average molecular weight is 1450 g/mol. The maximum absolute atomic E-state index is 12.5. The van der Waals surface area contributed by atoms with Crippen molar-refractivity contribution in [2.24, 2.45) is 17.8 Å². The highest BCUT2D eigenvalue weighted by Gasteiger charge is 2.41. The van der Waals surface area contributed by atoms with Crippen LogP contribution in [0, 0.1) is 28.5 Å². The lowest BCUT2D eigenvalue weighted by molar-refractivity contribution is -0.142. The number of aromatic amines is 2. The lowest BCUT2D eigenvalue weighted by Gasteiger charge is -2.27. The summed E-state index contributed by atoms with van der Waals surface area (Å²) in [7, 11) is 0. The molecular formula is C51H71I4N9O8. The van der Waals surface area contributed by atoms with Gasteiger partial charge >= 0.3 is 24.2 Å². The minimum absolute atomic E-state index is 0. The number of H-pyrrole nitrogens is 2. The number of anilines is 2. The average Bonchev–Trinajstić information content (AvgIpc) is 4.07. The molecule has 0 bridgehead atoms. The number of hydrogen-bond acceptors (Lipinski definition) is 11. The summed E-state index contributed by atoms with van der Waals surface area (Å²) < 4.78 is 19.7. The number of carbonyl (C=O) groups is 4. The SMILES string of the molecule is CC1C[C@@H](C(=O)O)N(C(=O)OC(C)(C)C)C1.C[C@@H]1C[C@@H](c2nc3ccc(I)cc3[nH]2)N(C(=O)OC(C)(C)C)C1.C[C@H]1C[C@@H](c2nc3ccc(I)cc3[nH]2)N(C(=O)OC(C)(C)C)C1.I.Nc1ccc(I)cc1N. The van der Waals surface area contributed by atoms with E-state index in [-0.39, 0.29) is 54.2 Å². The van der Waals surface area contributed by atoms with Crippen LogP contribution in [0.15, 0.2) is 54.6 Å². The number of halogens is 4. The highest BCUT2D eigenvalue weighted by molar-refractivity contribution is 14.1. The van der Waals surface area contributed by atoms with E-state index < -0.39 is 34.9 Å². The van der Waals surface area contributed by atoms with Crippen LogP contribution >= 0.6 is 91.7 Å². The number of nitrogens with one attached hydrogen (secondary N) is 2. The molecule has 3 aliphatic heterocycles. The van der Waals surface area contributed by atoms with Crippen molar-refractivity contribution < 1.29 is 38.5 Å². The minimum atomic E-state index is -0.963. The quantitative estimate of drug-likeness (QED) is 0.0645. The normalized spacial score (nSPS) is 20.8. The molecule has 0 aliphatic carbocycles. The number of fused-ring (bicyclic) bond motifs is 2. The van der Waals surface area contributed by atoms with E-state index in [9.17, 15) is 19.2 Å². The van der Waals surface area contributed by atoms with Crippen molar-refractivity contribution in [1.82, 2.24) is 34.6 Å². The number of rotatable bonds is 3. The van der Waals surface area contributed by atoms with Crippen LogP contribution in [0.4, 0.5) is 25.8 Å². The molecule has 6 atom stereocenters. The second-order valence-corrected chi connectivity index (χ2v) is 25.4. The molecule has 7 N–H and O–H groups in total. The Kier molecular flexibility index (Phi) is 21.4. The first kappa shape index (κ1) is 61.0. The number of ether oxygens (including phenoxy) is 3. The molecule has 2 aromatic heterocycles. The Hall–Kier alpha value is -3.60. The summed E-state index contributed by atoms with van der Waals surface area (Å²) in [6.07, 6.45) is 1.23. The molecule has 1 unspecified atom stereocenters. The zero-order valence-corrected chi connectivity index (χ0v) is 51.9. The zero-order valence-electron chi connectivity index (χ0n) is 43.1. The number of hydrogen-bond donors (Lipinski definition) is 5. The molecule has 3 saturated heterocycles. The number of nitrogen functional groups attached to an aromatic ring is 2. The molecule has 3 amide bonds. The van der Waals surface area contributed by atoms with Crippen molar-refractivity contribution >= 4 is 149 Å². The van der Waals surface area contributed by atoms with Gasteiger partial charge in [0.15, 0.2) is 0 Å². The van der Waals surface area contributed by atoms with Crippen molar-refractivity contribution in [2.45, 2.75) is 137 Å².